The molecule has 0 aliphatic heterocycles. The van der Waals surface area contributed by atoms with Gasteiger partial charge in [0.25, 0.3) is 0 Å². The molecule has 1 rings (SSSR count). The SMILES string of the molecule is CCCCc1ccc(N(CC)CC)c(O)c1OC(=O)O. The fourth-order valence-electron chi connectivity index (χ4n) is 2.19. The number of nitrogens with zero attached hydrogens (tertiary/aromatic N) is 1. The largest absolute Gasteiger partial charge is 0.511 e. The van der Waals surface area contributed by atoms with Crippen LogP contribution in [0.1, 0.15) is 39.2 Å². The number of rotatable bonds is 7. The second-order valence-electron chi connectivity index (χ2n) is 4.57. The normalized spacial score (nSPS) is 10.3. The summed E-state index contributed by atoms with van der Waals surface area (Å²) in [5.74, 6) is -0.0277. The molecule has 0 bridgehead atoms. The number of benzene rings is 1. The van der Waals surface area contributed by atoms with E-state index in [1.807, 2.05) is 30.9 Å². The van der Waals surface area contributed by atoms with E-state index in [-0.39, 0.29) is 11.5 Å². The quantitative estimate of drug-likeness (QED) is 0.590. The molecule has 0 aliphatic rings. The summed E-state index contributed by atoms with van der Waals surface area (Å²) in [6.07, 6.45) is 1.19. The Morgan fingerprint density at radius 3 is 2.40 bits per heavy atom. The van der Waals surface area contributed by atoms with Crippen LogP contribution in [-0.4, -0.2) is 29.5 Å². The number of aryl methyl sites for hydroxylation is 1. The number of hydrogen-bond acceptors (Lipinski definition) is 4. The van der Waals surface area contributed by atoms with Crippen molar-refractivity contribution in [1.29, 1.82) is 0 Å². The number of aromatic hydroxyl groups is 1. The standard InChI is InChI=1S/C15H23NO4/c1-4-7-8-11-9-10-12(16(5-2)6-3)13(17)14(11)20-15(18)19/h9-10,17H,4-8H2,1-3H3,(H,18,19). The maximum absolute atomic E-state index is 10.8. The average molecular weight is 281 g/mol. The number of unbranched alkanes of at least 4 members (excludes halogenated alkanes) is 1. The van der Waals surface area contributed by atoms with Gasteiger partial charge in [-0.05, 0) is 38.3 Å². The van der Waals surface area contributed by atoms with Gasteiger partial charge in [0.1, 0.15) is 0 Å². The summed E-state index contributed by atoms with van der Waals surface area (Å²) in [4.78, 5) is 12.8. The lowest BCUT2D eigenvalue weighted by Gasteiger charge is -2.23. The molecule has 0 aromatic heterocycles. The third kappa shape index (κ3) is 3.79. The van der Waals surface area contributed by atoms with Crippen LogP contribution < -0.4 is 9.64 Å². The number of phenols is 1. The first kappa shape index (κ1) is 16.1. The maximum atomic E-state index is 10.8. The van der Waals surface area contributed by atoms with Gasteiger partial charge in [-0.25, -0.2) is 4.79 Å². The first-order valence-electron chi connectivity index (χ1n) is 7.05. The molecule has 0 heterocycles. The Morgan fingerprint density at radius 2 is 1.90 bits per heavy atom. The van der Waals surface area contributed by atoms with Crippen molar-refractivity contribution in [1.82, 2.24) is 0 Å². The Labute approximate surface area is 119 Å². The second kappa shape index (κ2) is 7.62. The van der Waals surface area contributed by atoms with Crippen LogP contribution in [0, 0.1) is 0 Å². The van der Waals surface area contributed by atoms with Gasteiger partial charge in [0.05, 0.1) is 5.69 Å². The van der Waals surface area contributed by atoms with Gasteiger partial charge < -0.3 is 19.8 Å². The molecule has 112 valence electrons. The highest BCUT2D eigenvalue weighted by atomic mass is 16.7. The summed E-state index contributed by atoms with van der Waals surface area (Å²) >= 11 is 0. The van der Waals surface area contributed by atoms with Crippen molar-refractivity contribution in [3.63, 3.8) is 0 Å². The van der Waals surface area contributed by atoms with Gasteiger partial charge in [-0.15, -0.1) is 0 Å². The molecule has 0 atom stereocenters. The molecule has 0 unspecified atom stereocenters. The molecule has 0 aliphatic carbocycles. The minimum atomic E-state index is -1.41. The minimum Gasteiger partial charge on any atom is -0.503 e. The van der Waals surface area contributed by atoms with Gasteiger partial charge in [0, 0.05) is 13.1 Å². The van der Waals surface area contributed by atoms with Gasteiger partial charge >= 0.3 is 6.16 Å². The van der Waals surface area contributed by atoms with E-state index in [0.717, 1.165) is 31.5 Å². The summed E-state index contributed by atoms with van der Waals surface area (Å²) in [5, 5.41) is 19.2. The molecule has 0 saturated heterocycles. The Hall–Kier alpha value is -1.91. The highest BCUT2D eigenvalue weighted by Crippen LogP contribution is 2.40. The molecular weight excluding hydrogens is 258 g/mol. The highest BCUT2D eigenvalue weighted by Gasteiger charge is 2.19. The molecule has 1 aromatic rings. The van der Waals surface area contributed by atoms with Crippen molar-refractivity contribution in [3.05, 3.63) is 17.7 Å². The molecular formula is C15H23NO4. The third-order valence-electron chi connectivity index (χ3n) is 3.28. The van der Waals surface area contributed by atoms with Crippen LogP contribution in [0.5, 0.6) is 11.5 Å². The lowest BCUT2D eigenvalue weighted by atomic mass is 10.1. The van der Waals surface area contributed by atoms with Gasteiger partial charge in [-0.1, -0.05) is 19.4 Å². The smallest absolute Gasteiger partial charge is 0.503 e. The van der Waals surface area contributed by atoms with Crippen molar-refractivity contribution in [2.24, 2.45) is 0 Å². The zero-order valence-electron chi connectivity index (χ0n) is 12.3. The number of anilines is 1. The Kier molecular flexibility index (Phi) is 6.15. The molecule has 5 heteroatoms. The molecule has 0 fully saturated rings. The van der Waals surface area contributed by atoms with Crippen molar-refractivity contribution >= 4 is 11.8 Å². The van der Waals surface area contributed by atoms with Gasteiger partial charge in [0.2, 0.25) is 0 Å². The molecule has 0 saturated carbocycles. The van der Waals surface area contributed by atoms with Crippen LogP contribution in [0.15, 0.2) is 12.1 Å². The Morgan fingerprint density at radius 1 is 1.25 bits per heavy atom. The van der Waals surface area contributed by atoms with E-state index in [9.17, 15) is 9.90 Å². The Bertz CT molecular complexity index is 455. The fourth-order valence-corrected chi connectivity index (χ4v) is 2.19. The monoisotopic (exact) mass is 281 g/mol. The van der Waals surface area contributed by atoms with E-state index >= 15 is 0 Å². The summed E-state index contributed by atoms with van der Waals surface area (Å²) < 4.78 is 4.79. The van der Waals surface area contributed by atoms with Crippen molar-refractivity contribution < 1.29 is 19.7 Å². The van der Waals surface area contributed by atoms with Crippen molar-refractivity contribution in [2.75, 3.05) is 18.0 Å². The van der Waals surface area contributed by atoms with E-state index in [1.54, 1.807) is 0 Å². The third-order valence-corrected chi connectivity index (χ3v) is 3.28. The summed E-state index contributed by atoms with van der Waals surface area (Å²) in [5.41, 5.74) is 1.33. The van der Waals surface area contributed by atoms with Gasteiger partial charge in [0.15, 0.2) is 11.5 Å². The first-order valence-corrected chi connectivity index (χ1v) is 7.05. The van der Waals surface area contributed by atoms with Gasteiger partial charge in [-0.3, -0.25) is 0 Å². The first-order chi connectivity index (χ1) is 9.54. The lowest BCUT2D eigenvalue weighted by molar-refractivity contribution is 0.142. The van der Waals surface area contributed by atoms with Crippen LogP contribution in [0.3, 0.4) is 0 Å². The summed E-state index contributed by atoms with van der Waals surface area (Å²) in [6, 6.07) is 3.66. The van der Waals surface area contributed by atoms with Crippen molar-refractivity contribution in [3.8, 4) is 11.5 Å². The topological polar surface area (TPSA) is 70.0 Å². The number of carbonyl (C=O) groups is 1. The van der Waals surface area contributed by atoms with E-state index < -0.39 is 6.16 Å². The zero-order chi connectivity index (χ0) is 15.1. The molecule has 20 heavy (non-hydrogen) atoms. The summed E-state index contributed by atoms with van der Waals surface area (Å²) in [7, 11) is 0. The molecule has 2 N–H and O–H groups in total. The van der Waals surface area contributed by atoms with Gasteiger partial charge in [-0.2, -0.15) is 0 Å². The lowest BCUT2D eigenvalue weighted by Crippen LogP contribution is -2.22. The fraction of sp³-hybridized carbons (Fsp3) is 0.533. The van der Waals surface area contributed by atoms with Crippen LogP contribution >= 0.6 is 0 Å². The van der Waals surface area contributed by atoms with Crippen molar-refractivity contribution in [2.45, 2.75) is 40.0 Å². The van der Waals surface area contributed by atoms with E-state index in [4.69, 9.17) is 9.84 Å². The Balaban J connectivity index is 3.22. The van der Waals surface area contributed by atoms with E-state index in [1.165, 1.54) is 0 Å². The molecule has 5 nitrogen and oxygen atoms in total. The number of phenolic OH excluding ortho intramolecular Hbond substituents is 1. The van der Waals surface area contributed by atoms with Crippen LogP contribution in [0.25, 0.3) is 0 Å². The average Bonchev–Trinajstić information content (AvgIpc) is 2.42. The van der Waals surface area contributed by atoms with Crippen LogP contribution in [0.2, 0.25) is 0 Å². The predicted molar refractivity (Wildman–Crippen MR) is 78.9 cm³/mol. The number of hydrogen-bond donors (Lipinski definition) is 2. The molecule has 1 aromatic carbocycles. The molecule has 0 spiro atoms. The van der Waals surface area contributed by atoms with E-state index in [0.29, 0.717) is 12.1 Å². The van der Waals surface area contributed by atoms with Crippen LogP contribution in [-0.2, 0) is 6.42 Å². The minimum absolute atomic E-state index is 0.0651. The molecule has 0 amide bonds. The number of carboxylic acid groups (broad SMARTS) is 1. The zero-order valence-corrected chi connectivity index (χ0v) is 12.3. The van der Waals surface area contributed by atoms with Crippen LogP contribution in [0.4, 0.5) is 10.5 Å². The number of ether oxygens (including phenoxy) is 1. The summed E-state index contributed by atoms with van der Waals surface area (Å²) in [6.45, 7) is 7.47. The van der Waals surface area contributed by atoms with E-state index in [2.05, 4.69) is 6.92 Å². The second-order valence-corrected chi connectivity index (χ2v) is 4.57. The highest BCUT2D eigenvalue weighted by molar-refractivity contribution is 5.71. The molecule has 0 radical (unpaired) electrons. The maximum Gasteiger partial charge on any atom is 0.511 e. The predicted octanol–water partition coefficient (Wildman–Crippen LogP) is 3.64.